The van der Waals surface area contributed by atoms with Crippen LogP contribution in [0.15, 0.2) is 24.3 Å². The highest BCUT2D eigenvalue weighted by atomic mass is 19.1. The van der Waals surface area contributed by atoms with Crippen molar-refractivity contribution < 1.29 is 9.50 Å². The predicted molar refractivity (Wildman–Crippen MR) is 60.2 cm³/mol. The molecular weight excluding hydrogens is 191 g/mol. The van der Waals surface area contributed by atoms with E-state index in [1.807, 2.05) is 13.8 Å². The van der Waals surface area contributed by atoms with Crippen molar-refractivity contribution in [2.75, 3.05) is 0 Å². The standard InChI is InChI=1S/C13H19FO/c1-4-10(2)13(3,15)9-11-5-7-12(14)8-6-11/h5-8,10,15H,4,9H2,1-3H3. The van der Waals surface area contributed by atoms with Gasteiger partial charge in [-0.2, -0.15) is 0 Å². The van der Waals surface area contributed by atoms with Gasteiger partial charge in [0.2, 0.25) is 0 Å². The van der Waals surface area contributed by atoms with Gasteiger partial charge in [-0.25, -0.2) is 4.39 Å². The first-order chi connectivity index (χ1) is 6.95. The molecule has 1 nitrogen and oxygen atoms in total. The minimum atomic E-state index is -0.716. The van der Waals surface area contributed by atoms with Crippen LogP contribution < -0.4 is 0 Å². The van der Waals surface area contributed by atoms with E-state index in [1.54, 1.807) is 12.1 Å². The highest BCUT2D eigenvalue weighted by Gasteiger charge is 2.26. The van der Waals surface area contributed by atoms with Gasteiger partial charge in [0.05, 0.1) is 5.60 Å². The van der Waals surface area contributed by atoms with Gasteiger partial charge in [-0.05, 0) is 30.5 Å². The number of halogens is 1. The van der Waals surface area contributed by atoms with Crippen LogP contribution in [0.3, 0.4) is 0 Å². The largest absolute Gasteiger partial charge is 0.390 e. The lowest BCUT2D eigenvalue weighted by molar-refractivity contribution is 0.00515. The fourth-order valence-corrected chi connectivity index (χ4v) is 1.63. The van der Waals surface area contributed by atoms with Gasteiger partial charge in [0, 0.05) is 6.42 Å². The van der Waals surface area contributed by atoms with Crippen LogP contribution in [0.2, 0.25) is 0 Å². The van der Waals surface area contributed by atoms with E-state index >= 15 is 0 Å². The van der Waals surface area contributed by atoms with Gasteiger partial charge in [-0.3, -0.25) is 0 Å². The molecule has 0 aliphatic heterocycles. The summed E-state index contributed by atoms with van der Waals surface area (Å²) in [6, 6.07) is 6.32. The van der Waals surface area contributed by atoms with E-state index in [9.17, 15) is 9.50 Å². The van der Waals surface area contributed by atoms with Gasteiger partial charge in [-0.15, -0.1) is 0 Å². The zero-order valence-corrected chi connectivity index (χ0v) is 9.63. The van der Waals surface area contributed by atoms with E-state index in [2.05, 4.69) is 6.92 Å². The molecule has 0 bridgehead atoms. The molecule has 0 radical (unpaired) electrons. The van der Waals surface area contributed by atoms with Gasteiger partial charge >= 0.3 is 0 Å². The van der Waals surface area contributed by atoms with Crippen molar-refractivity contribution in [1.82, 2.24) is 0 Å². The van der Waals surface area contributed by atoms with Crippen LogP contribution in [0, 0.1) is 11.7 Å². The number of hydrogen-bond donors (Lipinski definition) is 1. The van der Waals surface area contributed by atoms with Crippen molar-refractivity contribution >= 4 is 0 Å². The molecule has 0 aliphatic rings. The Labute approximate surface area is 90.9 Å². The molecule has 2 heteroatoms. The first-order valence-corrected chi connectivity index (χ1v) is 5.42. The third-order valence-corrected chi connectivity index (χ3v) is 3.15. The maximum absolute atomic E-state index is 12.7. The minimum absolute atomic E-state index is 0.234. The summed E-state index contributed by atoms with van der Waals surface area (Å²) in [5.74, 6) is 0.00415. The highest BCUT2D eigenvalue weighted by molar-refractivity contribution is 5.18. The molecule has 0 spiro atoms. The molecule has 2 atom stereocenters. The smallest absolute Gasteiger partial charge is 0.123 e. The molecule has 0 fully saturated rings. The Morgan fingerprint density at radius 2 is 1.87 bits per heavy atom. The first-order valence-electron chi connectivity index (χ1n) is 5.42. The molecular formula is C13H19FO. The Balaban J connectivity index is 2.72. The van der Waals surface area contributed by atoms with Crippen LogP contribution >= 0.6 is 0 Å². The van der Waals surface area contributed by atoms with Crippen molar-refractivity contribution in [1.29, 1.82) is 0 Å². The Hall–Kier alpha value is -0.890. The molecule has 15 heavy (non-hydrogen) atoms. The highest BCUT2D eigenvalue weighted by Crippen LogP contribution is 2.24. The second-order valence-corrected chi connectivity index (χ2v) is 4.47. The lowest BCUT2D eigenvalue weighted by Crippen LogP contribution is -2.34. The molecule has 1 N–H and O–H groups in total. The first kappa shape index (κ1) is 12.2. The van der Waals surface area contributed by atoms with Gasteiger partial charge in [-0.1, -0.05) is 32.4 Å². The average molecular weight is 210 g/mol. The quantitative estimate of drug-likeness (QED) is 0.809. The van der Waals surface area contributed by atoms with Crippen LogP contribution in [-0.2, 0) is 6.42 Å². The number of benzene rings is 1. The predicted octanol–water partition coefficient (Wildman–Crippen LogP) is 3.17. The van der Waals surface area contributed by atoms with Crippen LogP contribution in [-0.4, -0.2) is 10.7 Å². The van der Waals surface area contributed by atoms with E-state index in [1.165, 1.54) is 12.1 Å². The van der Waals surface area contributed by atoms with Gasteiger partial charge in [0.15, 0.2) is 0 Å². The van der Waals surface area contributed by atoms with Gasteiger partial charge < -0.3 is 5.11 Å². The zero-order valence-electron chi connectivity index (χ0n) is 9.63. The SMILES string of the molecule is CCC(C)C(C)(O)Cc1ccc(F)cc1. The zero-order chi connectivity index (χ0) is 11.5. The summed E-state index contributed by atoms with van der Waals surface area (Å²) in [4.78, 5) is 0. The number of rotatable bonds is 4. The topological polar surface area (TPSA) is 20.2 Å². The van der Waals surface area contributed by atoms with Crippen molar-refractivity contribution in [2.24, 2.45) is 5.92 Å². The summed E-state index contributed by atoms with van der Waals surface area (Å²) in [6.07, 6.45) is 1.51. The summed E-state index contributed by atoms with van der Waals surface area (Å²) in [5.41, 5.74) is 0.258. The summed E-state index contributed by atoms with van der Waals surface area (Å²) < 4.78 is 12.7. The second kappa shape index (κ2) is 4.75. The lowest BCUT2D eigenvalue weighted by Gasteiger charge is -2.29. The Morgan fingerprint density at radius 1 is 1.33 bits per heavy atom. The van der Waals surface area contributed by atoms with E-state index < -0.39 is 5.60 Å². The molecule has 84 valence electrons. The maximum Gasteiger partial charge on any atom is 0.123 e. The summed E-state index contributed by atoms with van der Waals surface area (Å²) >= 11 is 0. The Bertz CT molecular complexity index is 303. The second-order valence-electron chi connectivity index (χ2n) is 4.47. The van der Waals surface area contributed by atoms with Crippen molar-refractivity contribution in [3.05, 3.63) is 35.6 Å². The molecule has 0 heterocycles. The van der Waals surface area contributed by atoms with E-state index in [4.69, 9.17) is 0 Å². The summed E-state index contributed by atoms with van der Waals surface area (Å²) in [5, 5.41) is 10.2. The van der Waals surface area contributed by atoms with E-state index in [0.29, 0.717) is 6.42 Å². The molecule has 0 saturated carbocycles. The maximum atomic E-state index is 12.7. The molecule has 1 aromatic carbocycles. The lowest BCUT2D eigenvalue weighted by atomic mass is 9.83. The van der Waals surface area contributed by atoms with E-state index in [0.717, 1.165) is 12.0 Å². The fraction of sp³-hybridized carbons (Fsp3) is 0.538. The van der Waals surface area contributed by atoms with Gasteiger partial charge in [0.25, 0.3) is 0 Å². The number of aliphatic hydroxyl groups is 1. The molecule has 2 unspecified atom stereocenters. The van der Waals surface area contributed by atoms with Crippen molar-refractivity contribution in [2.45, 2.75) is 39.2 Å². The molecule has 0 aliphatic carbocycles. The monoisotopic (exact) mass is 210 g/mol. The molecule has 0 amide bonds. The summed E-state index contributed by atoms with van der Waals surface area (Å²) in [6.45, 7) is 5.93. The third-order valence-electron chi connectivity index (χ3n) is 3.15. The summed E-state index contributed by atoms with van der Waals surface area (Å²) in [7, 11) is 0. The van der Waals surface area contributed by atoms with E-state index in [-0.39, 0.29) is 11.7 Å². The average Bonchev–Trinajstić information content (AvgIpc) is 2.20. The fourth-order valence-electron chi connectivity index (χ4n) is 1.63. The number of hydrogen-bond acceptors (Lipinski definition) is 1. The van der Waals surface area contributed by atoms with Crippen molar-refractivity contribution in [3.8, 4) is 0 Å². The molecule has 0 aromatic heterocycles. The van der Waals surface area contributed by atoms with Gasteiger partial charge in [0.1, 0.15) is 5.82 Å². The van der Waals surface area contributed by atoms with Crippen LogP contribution in [0.4, 0.5) is 4.39 Å². The Kier molecular flexibility index (Phi) is 3.86. The molecule has 0 saturated heterocycles. The van der Waals surface area contributed by atoms with Crippen molar-refractivity contribution in [3.63, 3.8) is 0 Å². The van der Waals surface area contributed by atoms with Crippen LogP contribution in [0.25, 0.3) is 0 Å². The van der Waals surface area contributed by atoms with Crippen LogP contribution in [0.5, 0.6) is 0 Å². The van der Waals surface area contributed by atoms with Crippen LogP contribution in [0.1, 0.15) is 32.8 Å². The third kappa shape index (κ3) is 3.31. The normalized spacial score (nSPS) is 17.1. The molecule has 1 aromatic rings. The minimum Gasteiger partial charge on any atom is -0.390 e. The Morgan fingerprint density at radius 3 is 2.33 bits per heavy atom. The molecule has 1 rings (SSSR count).